The molecule has 0 radical (unpaired) electrons. The SMILES string of the molecule is COCCOc1ccc(CNC(=O)C2CCN(S(=O)(=O)c3ccc(C(C)(C)C)cc3)CC2)cn1. The molecule has 8 nitrogen and oxygen atoms in total. The Morgan fingerprint density at radius 2 is 1.76 bits per heavy atom. The number of ether oxygens (including phenoxy) is 2. The third-order valence-corrected chi connectivity index (χ3v) is 7.90. The van der Waals surface area contributed by atoms with Gasteiger partial charge in [-0.1, -0.05) is 39.0 Å². The first-order valence-electron chi connectivity index (χ1n) is 11.6. The molecule has 1 fully saturated rings. The summed E-state index contributed by atoms with van der Waals surface area (Å²) in [6.07, 6.45) is 2.66. The predicted octanol–water partition coefficient (Wildman–Crippen LogP) is 3.12. The molecule has 1 aliphatic heterocycles. The van der Waals surface area contributed by atoms with Crippen molar-refractivity contribution in [1.82, 2.24) is 14.6 Å². The lowest BCUT2D eigenvalue weighted by Gasteiger charge is -2.30. The summed E-state index contributed by atoms with van der Waals surface area (Å²) in [6, 6.07) is 10.7. The van der Waals surface area contributed by atoms with Crippen LogP contribution in [0.5, 0.6) is 5.88 Å². The van der Waals surface area contributed by atoms with Crippen LogP contribution in [0.4, 0.5) is 0 Å². The van der Waals surface area contributed by atoms with Gasteiger partial charge in [0, 0.05) is 44.9 Å². The van der Waals surface area contributed by atoms with Crippen LogP contribution in [0, 0.1) is 5.92 Å². The summed E-state index contributed by atoms with van der Waals surface area (Å²) >= 11 is 0. The number of amides is 1. The van der Waals surface area contributed by atoms with Gasteiger partial charge in [-0.2, -0.15) is 4.31 Å². The second-order valence-electron chi connectivity index (χ2n) is 9.52. The Kier molecular flexibility index (Phi) is 8.67. The number of nitrogens with zero attached hydrogens (tertiary/aromatic N) is 2. The topological polar surface area (TPSA) is 97.8 Å². The molecule has 1 N–H and O–H groups in total. The quantitative estimate of drug-likeness (QED) is 0.544. The average molecular weight is 490 g/mol. The van der Waals surface area contributed by atoms with E-state index in [2.05, 4.69) is 31.1 Å². The van der Waals surface area contributed by atoms with Gasteiger partial charge in [-0.15, -0.1) is 0 Å². The van der Waals surface area contributed by atoms with Crippen molar-refractivity contribution in [3.8, 4) is 5.88 Å². The highest BCUT2D eigenvalue weighted by molar-refractivity contribution is 7.89. The number of pyridine rings is 1. The van der Waals surface area contributed by atoms with Gasteiger partial charge in [-0.3, -0.25) is 4.79 Å². The van der Waals surface area contributed by atoms with Crippen molar-refractivity contribution in [1.29, 1.82) is 0 Å². The molecule has 2 heterocycles. The predicted molar refractivity (Wildman–Crippen MR) is 130 cm³/mol. The van der Waals surface area contributed by atoms with E-state index in [0.29, 0.717) is 56.5 Å². The summed E-state index contributed by atoms with van der Waals surface area (Å²) in [4.78, 5) is 17.2. The summed E-state index contributed by atoms with van der Waals surface area (Å²) in [5.74, 6) is 0.236. The number of aromatic nitrogens is 1. The lowest BCUT2D eigenvalue weighted by molar-refractivity contribution is -0.126. The maximum Gasteiger partial charge on any atom is 0.243 e. The minimum absolute atomic E-state index is 0.0378. The summed E-state index contributed by atoms with van der Waals surface area (Å²) < 4.78 is 37.9. The largest absolute Gasteiger partial charge is 0.475 e. The second-order valence-corrected chi connectivity index (χ2v) is 11.5. The summed E-state index contributed by atoms with van der Waals surface area (Å²) in [5, 5.41) is 2.94. The van der Waals surface area contributed by atoms with Crippen LogP contribution in [-0.2, 0) is 31.5 Å². The van der Waals surface area contributed by atoms with Gasteiger partial charge in [-0.05, 0) is 41.5 Å². The number of hydrogen-bond donors (Lipinski definition) is 1. The van der Waals surface area contributed by atoms with E-state index in [-0.39, 0.29) is 17.2 Å². The summed E-state index contributed by atoms with van der Waals surface area (Å²) in [7, 11) is -1.96. The zero-order valence-electron chi connectivity index (χ0n) is 20.4. The molecular weight excluding hydrogens is 454 g/mol. The summed E-state index contributed by atoms with van der Waals surface area (Å²) in [5.41, 5.74) is 1.92. The Labute approximate surface area is 202 Å². The van der Waals surface area contributed by atoms with Crippen molar-refractivity contribution in [2.45, 2.75) is 50.5 Å². The normalized spacial score (nSPS) is 15.8. The first kappa shape index (κ1) is 26.1. The van der Waals surface area contributed by atoms with E-state index in [1.807, 2.05) is 18.2 Å². The Balaban J connectivity index is 1.48. The van der Waals surface area contributed by atoms with Crippen molar-refractivity contribution in [2.24, 2.45) is 5.92 Å². The highest BCUT2D eigenvalue weighted by atomic mass is 32.2. The molecule has 0 atom stereocenters. The number of piperidine rings is 1. The highest BCUT2D eigenvalue weighted by Crippen LogP contribution is 2.27. The van der Waals surface area contributed by atoms with Gasteiger partial charge in [0.15, 0.2) is 0 Å². The Morgan fingerprint density at radius 3 is 2.32 bits per heavy atom. The first-order chi connectivity index (χ1) is 16.1. The number of nitrogens with one attached hydrogen (secondary N) is 1. The molecular formula is C25H35N3O5S. The molecule has 186 valence electrons. The van der Waals surface area contributed by atoms with Crippen LogP contribution in [0.1, 0.15) is 44.7 Å². The third-order valence-electron chi connectivity index (χ3n) is 5.98. The average Bonchev–Trinajstić information content (AvgIpc) is 2.83. The van der Waals surface area contributed by atoms with E-state index in [0.717, 1.165) is 11.1 Å². The zero-order valence-corrected chi connectivity index (χ0v) is 21.2. The number of carbonyl (C=O) groups is 1. The molecule has 1 aromatic heterocycles. The number of methoxy groups -OCH3 is 1. The standard InChI is InChI=1S/C25H35N3O5S/c1-25(2,3)21-6-8-22(9-7-21)34(30,31)28-13-11-20(12-14-28)24(29)27-18-19-5-10-23(26-17-19)33-16-15-32-4/h5-10,17,20H,11-16,18H2,1-4H3,(H,27,29). The van der Waals surface area contributed by atoms with Gasteiger partial charge in [0.2, 0.25) is 21.8 Å². The molecule has 0 unspecified atom stereocenters. The molecule has 1 aromatic carbocycles. The first-order valence-corrected chi connectivity index (χ1v) is 13.0. The number of carbonyl (C=O) groups excluding carboxylic acids is 1. The molecule has 34 heavy (non-hydrogen) atoms. The molecule has 0 bridgehead atoms. The fraction of sp³-hybridized carbons (Fsp3) is 0.520. The molecule has 9 heteroatoms. The molecule has 2 aromatic rings. The van der Waals surface area contributed by atoms with Crippen LogP contribution < -0.4 is 10.1 Å². The van der Waals surface area contributed by atoms with Gasteiger partial charge in [0.05, 0.1) is 11.5 Å². The fourth-order valence-corrected chi connectivity index (χ4v) is 5.27. The van der Waals surface area contributed by atoms with E-state index in [1.165, 1.54) is 4.31 Å². The van der Waals surface area contributed by atoms with E-state index in [9.17, 15) is 13.2 Å². The van der Waals surface area contributed by atoms with Gasteiger partial charge in [0.1, 0.15) is 6.61 Å². The lowest BCUT2D eigenvalue weighted by atomic mass is 9.87. The van der Waals surface area contributed by atoms with Gasteiger partial charge in [0.25, 0.3) is 0 Å². The summed E-state index contributed by atoms with van der Waals surface area (Å²) in [6.45, 7) is 8.22. The van der Waals surface area contributed by atoms with Crippen LogP contribution in [-0.4, -0.2) is 57.0 Å². The molecule has 0 spiro atoms. The Morgan fingerprint density at radius 1 is 1.09 bits per heavy atom. The number of hydrogen-bond acceptors (Lipinski definition) is 6. The van der Waals surface area contributed by atoms with E-state index >= 15 is 0 Å². The number of benzene rings is 1. The van der Waals surface area contributed by atoms with Crippen LogP contribution in [0.15, 0.2) is 47.5 Å². The Bertz CT molecular complexity index is 1040. The van der Waals surface area contributed by atoms with Gasteiger partial charge >= 0.3 is 0 Å². The van der Waals surface area contributed by atoms with Crippen LogP contribution >= 0.6 is 0 Å². The number of rotatable bonds is 9. The lowest BCUT2D eigenvalue weighted by Crippen LogP contribution is -2.42. The maximum absolute atomic E-state index is 13.0. The molecule has 1 aliphatic rings. The number of sulfonamides is 1. The van der Waals surface area contributed by atoms with E-state index < -0.39 is 10.0 Å². The minimum atomic E-state index is -3.57. The smallest absolute Gasteiger partial charge is 0.243 e. The molecule has 1 saturated heterocycles. The second kappa shape index (κ2) is 11.3. The van der Waals surface area contributed by atoms with E-state index in [1.54, 1.807) is 31.5 Å². The minimum Gasteiger partial charge on any atom is -0.475 e. The zero-order chi connectivity index (χ0) is 24.8. The molecule has 0 saturated carbocycles. The monoisotopic (exact) mass is 489 g/mol. The van der Waals surface area contributed by atoms with Crippen molar-refractivity contribution in [3.05, 3.63) is 53.7 Å². The third kappa shape index (κ3) is 6.77. The van der Waals surface area contributed by atoms with Gasteiger partial charge < -0.3 is 14.8 Å². The van der Waals surface area contributed by atoms with Crippen LogP contribution in [0.25, 0.3) is 0 Å². The van der Waals surface area contributed by atoms with Gasteiger partial charge in [-0.25, -0.2) is 13.4 Å². The molecule has 0 aliphatic carbocycles. The molecule has 1 amide bonds. The van der Waals surface area contributed by atoms with Crippen molar-refractivity contribution in [2.75, 3.05) is 33.4 Å². The van der Waals surface area contributed by atoms with Crippen molar-refractivity contribution < 1.29 is 22.7 Å². The van der Waals surface area contributed by atoms with Crippen molar-refractivity contribution >= 4 is 15.9 Å². The van der Waals surface area contributed by atoms with Crippen molar-refractivity contribution in [3.63, 3.8) is 0 Å². The fourth-order valence-electron chi connectivity index (χ4n) is 3.80. The van der Waals surface area contributed by atoms with Crippen LogP contribution in [0.3, 0.4) is 0 Å². The van der Waals surface area contributed by atoms with Crippen LogP contribution in [0.2, 0.25) is 0 Å². The Hall–Kier alpha value is -2.49. The molecule has 3 rings (SSSR count). The van der Waals surface area contributed by atoms with E-state index in [4.69, 9.17) is 9.47 Å². The maximum atomic E-state index is 13.0. The highest BCUT2D eigenvalue weighted by Gasteiger charge is 2.32.